The Morgan fingerprint density at radius 1 is 1.19 bits per heavy atom. The van der Waals surface area contributed by atoms with E-state index in [1.807, 2.05) is 20.8 Å². The lowest BCUT2D eigenvalue weighted by molar-refractivity contribution is 0.367. The quantitative estimate of drug-likeness (QED) is 0.698. The van der Waals surface area contributed by atoms with Crippen LogP contribution in [0.25, 0.3) is 11.4 Å². The van der Waals surface area contributed by atoms with E-state index < -0.39 is 14.6 Å². The van der Waals surface area contributed by atoms with Gasteiger partial charge in [0.1, 0.15) is 0 Å². The highest BCUT2D eigenvalue weighted by molar-refractivity contribution is 9.10. The molecule has 0 aliphatic carbocycles. The molecule has 1 aromatic carbocycles. The lowest BCUT2D eigenvalue weighted by atomic mass is 10.1. The van der Waals surface area contributed by atoms with Crippen molar-refractivity contribution in [2.45, 2.75) is 31.5 Å². The maximum Gasteiger partial charge on any atom is 0.296 e. The Morgan fingerprint density at radius 3 is 2.29 bits per heavy atom. The predicted octanol–water partition coefficient (Wildman–Crippen LogP) is 4.04. The van der Waals surface area contributed by atoms with Crippen molar-refractivity contribution in [3.05, 3.63) is 27.7 Å². The molecule has 0 saturated heterocycles. The van der Waals surface area contributed by atoms with Gasteiger partial charge in [0.2, 0.25) is 0 Å². The van der Waals surface area contributed by atoms with Crippen molar-refractivity contribution in [2.24, 2.45) is 0 Å². The van der Waals surface area contributed by atoms with Crippen molar-refractivity contribution in [1.82, 2.24) is 14.8 Å². The third-order valence-corrected chi connectivity index (χ3v) is 4.43. The molecule has 114 valence electrons. The highest BCUT2D eigenvalue weighted by Crippen LogP contribution is 2.32. The molecule has 21 heavy (non-hydrogen) atoms. The third-order valence-electron chi connectivity index (χ3n) is 2.64. The topological polar surface area (TPSA) is 64.8 Å². The first kappa shape index (κ1) is 16.7. The summed E-state index contributed by atoms with van der Waals surface area (Å²) in [7, 11) is 1.44. The zero-order chi connectivity index (χ0) is 16.0. The molecule has 0 amide bonds. The Morgan fingerprint density at radius 2 is 1.81 bits per heavy atom. The van der Waals surface area contributed by atoms with E-state index in [0.717, 1.165) is 4.47 Å². The molecule has 9 heteroatoms. The largest absolute Gasteiger partial charge is 0.296 e. The van der Waals surface area contributed by atoms with E-state index in [1.54, 1.807) is 18.2 Å². The zero-order valence-corrected chi connectivity index (χ0v) is 15.3. The second kappa shape index (κ2) is 5.53. The second-order valence-corrected chi connectivity index (χ2v) is 9.22. The van der Waals surface area contributed by atoms with Crippen LogP contribution in [0.2, 0.25) is 5.02 Å². The first-order valence-electron chi connectivity index (χ1n) is 5.87. The third kappa shape index (κ3) is 3.59. The lowest BCUT2D eigenvalue weighted by Crippen LogP contribution is -2.25. The van der Waals surface area contributed by atoms with Crippen molar-refractivity contribution in [1.29, 1.82) is 0 Å². The molecule has 0 saturated carbocycles. The fourth-order valence-electron chi connectivity index (χ4n) is 1.90. The molecule has 0 atom stereocenters. The molecule has 5 nitrogen and oxygen atoms in total. The van der Waals surface area contributed by atoms with Crippen LogP contribution in [0.5, 0.6) is 0 Å². The summed E-state index contributed by atoms with van der Waals surface area (Å²) >= 11 is 9.38. The molecule has 1 aromatic heterocycles. The SMILES string of the molecule is CC(C)(C)n1c(-c2cc(Cl)cc(Br)c2)nnc1S(=O)(=O)Cl. The standard InChI is InChI=1S/C12H12BrCl2N3O2S/c1-12(2,3)18-10(16-17-11(18)21(15,19)20)7-4-8(13)6-9(14)5-7/h4-6H,1-3H3. The van der Waals surface area contributed by atoms with Crippen LogP contribution in [0.4, 0.5) is 0 Å². The molecule has 0 spiro atoms. The number of halogens is 3. The molecule has 0 bridgehead atoms. The minimum atomic E-state index is -4.01. The number of hydrogen-bond donors (Lipinski definition) is 0. The molecule has 0 fully saturated rings. The summed E-state index contributed by atoms with van der Waals surface area (Å²) in [6, 6.07) is 5.19. The van der Waals surface area contributed by atoms with E-state index in [4.69, 9.17) is 22.3 Å². The second-order valence-electron chi connectivity index (χ2n) is 5.41. The van der Waals surface area contributed by atoms with Gasteiger partial charge >= 0.3 is 0 Å². The van der Waals surface area contributed by atoms with Crippen LogP contribution in [-0.2, 0) is 14.6 Å². The summed E-state index contributed by atoms with van der Waals surface area (Å²) in [5.74, 6) is 0.380. The Kier molecular flexibility index (Phi) is 4.41. The van der Waals surface area contributed by atoms with Crippen LogP contribution in [0.1, 0.15) is 20.8 Å². The minimum Gasteiger partial charge on any atom is -0.291 e. The summed E-state index contributed by atoms with van der Waals surface area (Å²) in [5, 5.41) is 7.90. The van der Waals surface area contributed by atoms with E-state index in [0.29, 0.717) is 16.4 Å². The molecule has 0 N–H and O–H groups in total. The monoisotopic (exact) mass is 411 g/mol. The number of hydrogen-bond acceptors (Lipinski definition) is 4. The zero-order valence-electron chi connectivity index (χ0n) is 11.4. The van der Waals surface area contributed by atoms with Gasteiger partial charge in [-0.1, -0.05) is 27.5 Å². The molecular formula is C12H12BrCl2N3O2S. The summed E-state index contributed by atoms with van der Waals surface area (Å²) < 4.78 is 25.6. The van der Waals surface area contributed by atoms with Crippen molar-refractivity contribution in [3.8, 4) is 11.4 Å². The van der Waals surface area contributed by atoms with Crippen molar-refractivity contribution in [3.63, 3.8) is 0 Å². The first-order valence-corrected chi connectivity index (χ1v) is 9.35. The molecule has 2 rings (SSSR count). The van der Waals surface area contributed by atoms with Crippen LogP contribution >= 0.6 is 38.2 Å². The maximum atomic E-state index is 11.7. The van der Waals surface area contributed by atoms with E-state index in [1.165, 1.54) is 4.57 Å². The number of rotatable bonds is 2. The molecule has 0 unspecified atom stereocenters. The van der Waals surface area contributed by atoms with Gasteiger partial charge in [0.25, 0.3) is 14.2 Å². The van der Waals surface area contributed by atoms with Crippen molar-refractivity contribution < 1.29 is 8.42 Å². The average Bonchev–Trinajstić information content (AvgIpc) is 2.70. The Balaban J connectivity index is 2.79. The van der Waals surface area contributed by atoms with Crippen LogP contribution in [0, 0.1) is 0 Å². The van der Waals surface area contributed by atoms with Crippen molar-refractivity contribution in [2.75, 3.05) is 0 Å². The van der Waals surface area contributed by atoms with Crippen LogP contribution in [-0.4, -0.2) is 23.2 Å². The Labute approximate surface area is 140 Å². The highest BCUT2D eigenvalue weighted by atomic mass is 79.9. The number of benzene rings is 1. The molecule has 0 aliphatic rings. The summed E-state index contributed by atoms with van der Waals surface area (Å²) in [5.41, 5.74) is 0.0636. The molecule has 2 aromatic rings. The van der Waals surface area contributed by atoms with Gasteiger partial charge in [-0.15, -0.1) is 10.2 Å². The summed E-state index contributed by atoms with van der Waals surface area (Å²) in [6.07, 6.45) is 0. The van der Waals surface area contributed by atoms with Gasteiger partial charge in [-0.05, 0) is 39.0 Å². The number of nitrogens with zero attached hydrogens (tertiary/aromatic N) is 3. The fraction of sp³-hybridized carbons (Fsp3) is 0.333. The Hall–Kier alpha value is -0.630. The van der Waals surface area contributed by atoms with E-state index in [2.05, 4.69) is 26.1 Å². The molecular weight excluding hydrogens is 401 g/mol. The minimum absolute atomic E-state index is 0.289. The van der Waals surface area contributed by atoms with Crippen LogP contribution in [0.3, 0.4) is 0 Å². The number of aromatic nitrogens is 3. The van der Waals surface area contributed by atoms with Gasteiger partial charge in [-0.25, -0.2) is 8.42 Å². The molecule has 0 radical (unpaired) electrons. The molecule has 1 heterocycles. The van der Waals surface area contributed by atoms with Gasteiger partial charge in [0.05, 0.1) is 0 Å². The van der Waals surface area contributed by atoms with Crippen molar-refractivity contribution >= 4 is 47.3 Å². The molecule has 0 aliphatic heterocycles. The van der Waals surface area contributed by atoms with Gasteiger partial charge in [-0.3, -0.25) is 4.57 Å². The highest BCUT2D eigenvalue weighted by Gasteiger charge is 2.30. The van der Waals surface area contributed by atoms with Crippen LogP contribution < -0.4 is 0 Å². The average molecular weight is 413 g/mol. The fourth-order valence-corrected chi connectivity index (χ4v) is 3.78. The van der Waals surface area contributed by atoms with E-state index in [9.17, 15) is 8.42 Å². The van der Waals surface area contributed by atoms with E-state index in [-0.39, 0.29) is 5.16 Å². The predicted molar refractivity (Wildman–Crippen MR) is 86.2 cm³/mol. The summed E-state index contributed by atoms with van der Waals surface area (Å²) in [4.78, 5) is 0. The van der Waals surface area contributed by atoms with Gasteiger partial charge in [0, 0.05) is 31.3 Å². The maximum absolute atomic E-state index is 11.7. The normalized spacial score (nSPS) is 12.7. The van der Waals surface area contributed by atoms with Crippen LogP contribution in [0.15, 0.2) is 27.8 Å². The van der Waals surface area contributed by atoms with E-state index >= 15 is 0 Å². The van der Waals surface area contributed by atoms with Gasteiger partial charge in [-0.2, -0.15) is 0 Å². The summed E-state index contributed by atoms with van der Waals surface area (Å²) in [6.45, 7) is 5.51. The lowest BCUT2D eigenvalue weighted by Gasteiger charge is -2.24. The first-order chi connectivity index (χ1) is 9.50. The van der Waals surface area contributed by atoms with Gasteiger partial charge in [0.15, 0.2) is 5.82 Å². The Bertz CT molecular complexity index is 777. The smallest absolute Gasteiger partial charge is 0.291 e. The van der Waals surface area contributed by atoms with Gasteiger partial charge < -0.3 is 0 Å².